The summed E-state index contributed by atoms with van der Waals surface area (Å²) < 4.78 is 13.9. The van der Waals surface area contributed by atoms with Gasteiger partial charge in [-0.3, -0.25) is 0 Å². The molecule has 3 rings (SSSR count). The van der Waals surface area contributed by atoms with Crippen LogP contribution < -0.4 is 5.73 Å². The second kappa shape index (κ2) is 4.21. The quantitative estimate of drug-likeness (QED) is 0.808. The minimum atomic E-state index is -0.164. The highest BCUT2D eigenvalue weighted by Crippen LogP contribution is 2.33. The van der Waals surface area contributed by atoms with Crippen LogP contribution in [0.25, 0.3) is 11.1 Å². The van der Waals surface area contributed by atoms with E-state index in [9.17, 15) is 4.39 Å². The monoisotopic (exact) mass is 241 g/mol. The maximum atomic E-state index is 13.9. The highest BCUT2D eigenvalue weighted by molar-refractivity contribution is 5.67. The van der Waals surface area contributed by atoms with Crippen LogP contribution in [0.2, 0.25) is 0 Å². The van der Waals surface area contributed by atoms with Crippen molar-refractivity contribution in [2.75, 3.05) is 0 Å². The van der Waals surface area contributed by atoms with Gasteiger partial charge in [0.05, 0.1) is 0 Å². The van der Waals surface area contributed by atoms with Gasteiger partial charge < -0.3 is 5.73 Å². The molecule has 0 radical (unpaired) electrons. The zero-order valence-corrected chi connectivity index (χ0v) is 10.4. The van der Waals surface area contributed by atoms with E-state index in [1.54, 1.807) is 6.07 Å². The van der Waals surface area contributed by atoms with Crippen molar-refractivity contribution < 1.29 is 4.39 Å². The van der Waals surface area contributed by atoms with Crippen LogP contribution in [0.1, 0.15) is 29.2 Å². The molecule has 0 saturated heterocycles. The van der Waals surface area contributed by atoms with E-state index in [-0.39, 0.29) is 11.9 Å². The first-order valence-electron chi connectivity index (χ1n) is 6.30. The van der Waals surface area contributed by atoms with Crippen LogP contribution in [0, 0.1) is 12.7 Å². The van der Waals surface area contributed by atoms with Crippen molar-refractivity contribution in [1.82, 2.24) is 0 Å². The van der Waals surface area contributed by atoms with Crippen molar-refractivity contribution >= 4 is 0 Å². The van der Waals surface area contributed by atoms with Crippen molar-refractivity contribution in [3.05, 3.63) is 58.9 Å². The fourth-order valence-electron chi connectivity index (χ4n) is 2.68. The fraction of sp³-hybridized carbons (Fsp3) is 0.250. The number of hydrogen-bond donors (Lipinski definition) is 1. The average molecular weight is 241 g/mol. The SMILES string of the molecule is Cc1ccc(F)c(-c2ccc3c(c2)CCC3N)c1. The molecular weight excluding hydrogens is 225 g/mol. The predicted molar refractivity (Wildman–Crippen MR) is 71.8 cm³/mol. The smallest absolute Gasteiger partial charge is 0.131 e. The molecule has 0 spiro atoms. The van der Waals surface area contributed by atoms with E-state index < -0.39 is 0 Å². The van der Waals surface area contributed by atoms with Crippen molar-refractivity contribution in [1.29, 1.82) is 0 Å². The summed E-state index contributed by atoms with van der Waals surface area (Å²) in [6.07, 6.45) is 1.99. The van der Waals surface area contributed by atoms with Gasteiger partial charge in [0.2, 0.25) is 0 Å². The standard InChI is InChI=1S/C16H16FN/c1-10-2-6-15(17)14(8-10)12-3-5-13-11(9-12)4-7-16(13)18/h2-3,5-6,8-9,16H,4,7,18H2,1H3. The lowest BCUT2D eigenvalue weighted by Gasteiger charge is -2.09. The molecule has 0 aliphatic heterocycles. The van der Waals surface area contributed by atoms with Gasteiger partial charge in [-0.05, 0) is 48.6 Å². The van der Waals surface area contributed by atoms with E-state index in [0.29, 0.717) is 5.56 Å². The summed E-state index contributed by atoms with van der Waals surface area (Å²) in [5, 5.41) is 0. The van der Waals surface area contributed by atoms with Gasteiger partial charge in [0.1, 0.15) is 5.82 Å². The summed E-state index contributed by atoms with van der Waals surface area (Å²) in [6.45, 7) is 1.98. The second-order valence-corrected chi connectivity index (χ2v) is 5.04. The van der Waals surface area contributed by atoms with Crippen LogP contribution in [-0.4, -0.2) is 0 Å². The Morgan fingerprint density at radius 1 is 1.17 bits per heavy atom. The number of hydrogen-bond acceptors (Lipinski definition) is 1. The summed E-state index contributed by atoms with van der Waals surface area (Å²) >= 11 is 0. The Morgan fingerprint density at radius 3 is 2.83 bits per heavy atom. The first-order valence-corrected chi connectivity index (χ1v) is 6.30. The third-order valence-corrected chi connectivity index (χ3v) is 3.70. The minimum Gasteiger partial charge on any atom is -0.324 e. The number of halogens is 1. The number of benzene rings is 2. The van der Waals surface area contributed by atoms with Gasteiger partial charge >= 0.3 is 0 Å². The molecule has 0 saturated carbocycles. The van der Waals surface area contributed by atoms with Gasteiger partial charge in [0, 0.05) is 11.6 Å². The second-order valence-electron chi connectivity index (χ2n) is 5.04. The number of rotatable bonds is 1. The van der Waals surface area contributed by atoms with Gasteiger partial charge in [-0.15, -0.1) is 0 Å². The molecule has 0 aromatic heterocycles. The van der Waals surface area contributed by atoms with Crippen LogP contribution in [-0.2, 0) is 6.42 Å². The van der Waals surface area contributed by atoms with E-state index in [1.165, 1.54) is 17.2 Å². The van der Waals surface area contributed by atoms with Gasteiger partial charge in [-0.1, -0.05) is 29.8 Å². The van der Waals surface area contributed by atoms with Crippen molar-refractivity contribution in [3.63, 3.8) is 0 Å². The highest BCUT2D eigenvalue weighted by atomic mass is 19.1. The molecule has 1 aliphatic carbocycles. The Hall–Kier alpha value is -1.67. The first-order chi connectivity index (χ1) is 8.65. The van der Waals surface area contributed by atoms with Crippen LogP contribution in [0.15, 0.2) is 36.4 Å². The molecule has 2 aromatic rings. The number of nitrogens with two attached hydrogens (primary N) is 1. The molecule has 0 heterocycles. The summed E-state index contributed by atoms with van der Waals surface area (Å²) in [5.41, 5.74) is 11.2. The van der Waals surface area contributed by atoms with Crippen LogP contribution in [0.4, 0.5) is 4.39 Å². The van der Waals surface area contributed by atoms with Gasteiger partial charge in [-0.25, -0.2) is 4.39 Å². The Morgan fingerprint density at radius 2 is 2.00 bits per heavy atom. The molecule has 0 amide bonds. The lowest BCUT2D eigenvalue weighted by atomic mass is 9.98. The Balaban J connectivity index is 2.10. The van der Waals surface area contributed by atoms with E-state index in [4.69, 9.17) is 5.73 Å². The minimum absolute atomic E-state index is 0.149. The van der Waals surface area contributed by atoms with Crippen molar-refractivity contribution in [2.45, 2.75) is 25.8 Å². The lowest BCUT2D eigenvalue weighted by molar-refractivity contribution is 0.631. The molecular formula is C16H16FN. The molecule has 0 fully saturated rings. The molecule has 2 aromatic carbocycles. The largest absolute Gasteiger partial charge is 0.324 e. The Labute approximate surface area is 106 Å². The van der Waals surface area contributed by atoms with E-state index in [0.717, 1.165) is 24.0 Å². The molecule has 18 heavy (non-hydrogen) atoms. The Bertz CT molecular complexity index is 604. The van der Waals surface area contributed by atoms with Crippen LogP contribution >= 0.6 is 0 Å². The molecule has 1 unspecified atom stereocenters. The van der Waals surface area contributed by atoms with Crippen molar-refractivity contribution in [3.8, 4) is 11.1 Å². The summed E-state index contributed by atoms with van der Waals surface area (Å²) in [7, 11) is 0. The fourth-order valence-corrected chi connectivity index (χ4v) is 2.68. The molecule has 2 heteroatoms. The molecule has 92 valence electrons. The lowest BCUT2D eigenvalue weighted by Crippen LogP contribution is -2.04. The van der Waals surface area contributed by atoms with Gasteiger partial charge in [0.15, 0.2) is 0 Å². The average Bonchev–Trinajstić information content (AvgIpc) is 2.74. The normalized spacial score (nSPS) is 17.8. The molecule has 1 aliphatic rings. The van der Waals surface area contributed by atoms with E-state index >= 15 is 0 Å². The van der Waals surface area contributed by atoms with Crippen LogP contribution in [0.5, 0.6) is 0 Å². The third-order valence-electron chi connectivity index (χ3n) is 3.70. The maximum absolute atomic E-state index is 13.9. The van der Waals surface area contributed by atoms with Crippen molar-refractivity contribution in [2.24, 2.45) is 5.73 Å². The maximum Gasteiger partial charge on any atom is 0.131 e. The van der Waals surface area contributed by atoms with E-state index in [1.807, 2.05) is 25.1 Å². The first kappa shape index (κ1) is 11.4. The van der Waals surface area contributed by atoms with E-state index in [2.05, 4.69) is 6.07 Å². The topological polar surface area (TPSA) is 26.0 Å². The molecule has 1 atom stereocenters. The summed E-state index contributed by atoms with van der Waals surface area (Å²) in [6, 6.07) is 11.5. The zero-order chi connectivity index (χ0) is 12.7. The number of aryl methyl sites for hydroxylation is 2. The van der Waals surface area contributed by atoms with Crippen LogP contribution in [0.3, 0.4) is 0 Å². The molecule has 0 bridgehead atoms. The van der Waals surface area contributed by atoms with Gasteiger partial charge in [0.25, 0.3) is 0 Å². The summed E-state index contributed by atoms with van der Waals surface area (Å²) in [4.78, 5) is 0. The number of fused-ring (bicyclic) bond motifs is 1. The molecule has 2 N–H and O–H groups in total. The Kier molecular flexibility index (Phi) is 2.67. The highest BCUT2D eigenvalue weighted by Gasteiger charge is 2.19. The van der Waals surface area contributed by atoms with Gasteiger partial charge in [-0.2, -0.15) is 0 Å². The zero-order valence-electron chi connectivity index (χ0n) is 10.4. The third kappa shape index (κ3) is 1.83. The molecule has 1 nitrogen and oxygen atoms in total. The predicted octanol–water partition coefficient (Wildman–Crippen LogP) is 3.75. The summed E-state index contributed by atoms with van der Waals surface area (Å²) in [5.74, 6) is -0.164.